The summed E-state index contributed by atoms with van der Waals surface area (Å²) in [4.78, 5) is 21.6. The first-order valence-electron chi connectivity index (χ1n) is 10.2. The zero-order valence-electron chi connectivity index (χ0n) is 17.6. The van der Waals surface area contributed by atoms with Crippen LogP contribution in [0.4, 0.5) is 11.5 Å². The molecule has 4 rings (SSSR count). The van der Waals surface area contributed by atoms with E-state index in [0.717, 1.165) is 22.4 Å². The number of hydrogen-bond acceptors (Lipinski definition) is 4. The largest absolute Gasteiger partial charge is 0.348 e. The van der Waals surface area contributed by atoms with Crippen molar-refractivity contribution in [3.63, 3.8) is 0 Å². The van der Waals surface area contributed by atoms with E-state index in [2.05, 4.69) is 26.7 Å². The monoisotopic (exact) mass is 408 g/mol. The minimum Gasteiger partial charge on any atom is -0.348 e. The van der Waals surface area contributed by atoms with Crippen LogP contribution in [-0.4, -0.2) is 15.9 Å². The highest BCUT2D eigenvalue weighted by molar-refractivity contribution is 5.95. The fraction of sp³-hybridized carbons (Fsp3) is 0.115. The van der Waals surface area contributed by atoms with Crippen LogP contribution in [0.25, 0.3) is 11.4 Å². The van der Waals surface area contributed by atoms with Crippen molar-refractivity contribution in [2.45, 2.75) is 20.4 Å². The molecule has 0 spiro atoms. The Kier molecular flexibility index (Phi) is 6.03. The third-order valence-electron chi connectivity index (χ3n) is 4.90. The van der Waals surface area contributed by atoms with Crippen LogP contribution in [0.2, 0.25) is 0 Å². The number of carbonyl (C=O) groups excluding carboxylic acids is 1. The van der Waals surface area contributed by atoms with Gasteiger partial charge >= 0.3 is 0 Å². The van der Waals surface area contributed by atoms with Gasteiger partial charge in [0.15, 0.2) is 5.82 Å². The van der Waals surface area contributed by atoms with E-state index in [1.54, 1.807) is 12.3 Å². The Bertz CT molecular complexity index is 1200. The molecule has 0 radical (unpaired) electrons. The van der Waals surface area contributed by atoms with Gasteiger partial charge in [-0.3, -0.25) is 4.79 Å². The van der Waals surface area contributed by atoms with Crippen molar-refractivity contribution in [2.24, 2.45) is 0 Å². The zero-order chi connectivity index (χ0) is 21.6. The van der Waals surface area contributed by atoms with Gasteiger partial charge in [0, 0.05) is 29.6 Å². The summed E-state index contributed by atoms with van der Waals surface area (Å²) in [5.74, 6) is 1.21. The van der Waals surface area contributed by atoms with E-state index in [9.17, 15) is 4.79 Å². The lowest BCUT2D eigenvalue weighted by Crippen LogP contribution is -2.22. The van der Waals surface area contributed by atoms with Gasteiger partial charge in [-0.25, -0.2) is 9.97 Å². The number of amides is 1. The summed E-state index contributed by atoms with van der Waals surface area (Å²) < 4.78 is 0. The second-order valence-corrected chi connectivity index (χ2v) is 7.51. The van der Waals surface area contributed by atoms with Crippen molar-refractivity contribution in [1.29, 1.82) is 0 Å². The van der Waals surface area contributed by atoms with Crippen molar-refractivity contribution in [1.82, 2.24) is 15.3 Å². The Morgan fingerprint density at radius 2 is 1.68 bits per heavy atom. The normalized spacial score (nSPS) is 10.5. The number of benzene rings is 3. The molecule has 5 nitrogen and oxygen atoms in total. The van der Waals surface area contributed by atoms with E-state index in [-0.39, 0.29) is 5.91 Å². The van der Waals surface area contributed by atoms with Crippen molar-refractivity contribution < 1.29 is 4.79 Å². The van der Waals surface area contributed by atoms with Gasteiger partial charge in [0.1, 0.15) is 5.82 Å². The first kappa shape index (κ1) is 20.3. The quantitative estimate of drug-likeness (QED) is 0.446. The van der Waals surface area contributed by atoms with Gasteiger partial charge in [0.25, 0.3) is 5.91 Å². The number of nitrogens with zero attached hydrogens (tertiary/aromatic N) is 2. The maximum Gasteiger partial charge on any atom is 0.251 e. The summed E-state index contributed by atoms with van der Waals surface area (Å²) in [5.41, 5.74) is 5.76. The van der Waals surface area contributed by atoms with E-state index in [0.29, 0.717) is 23.8 Å². The summed E-state index contributed by atoms with van der Waals surface area (Å²) >= 11 is 0. The van der Waals surface area contributed by atoms with Crippen LogP contribution in [0.5, 0.6) is 0 Å². The van der Waals surface area contributed by atoms with Crippen molar-refractivity contribution >= 4 is 17.4 Å². The van der Waals surface area contributed by atoms with E-state index >= 15 is 0 Å². The summed E-state index contributed by atoms with van der Waals surface area (Å²) in [7, 11) is 0. The predicted octanol–water partition coefficient (Wildman–Crippen LogP) is 5.43. The first-order valence-corrected chi connectivity index (χ1v) is 10.2. The third-order valence-corrected chi connectivity index (χ3v) is 4.90. The zero-order valence-corrected chi connectivity index (χ0v) is 17.6. The van der Waals surface area contributed by atoms with Gasteiger partial charge < -0.3 is 10.6 Å². The lowest BCUT2D eigenvalue weighted by Gasteiger charge is -2.10. The van der Waals surface area contributed by atoms with Gasteiger partial charge in [-0.05, 0) is 49.7 Å². The molecule has 1 heterocycles. The standard InChI is InChI=1S/C26H24N4O/c1-18-9-11-20(12-10-18)17-28-26(31)22-7-4-8-23(16-22)29-24-13-14-27-25(30-24)21-6-3-5-19(2)15-21/h3-16H,17H2,1-2H3,(H,28,31)(H,27,29,30). The molecule has 0 bridgehead atoms. The number of anilines is 2. The summed E-state index contributed by atoms with van der Waals surface area (Å²) in [6.45, 7) is 4.58. The minimum absolute atomic E-state index is 0.118. The number of aromatic nitrogens is 2. The predicted molar refractivity (Wildman–Crippen MR) is 124 cm³/mol. The van der Waals surface area contributed by atoms with Gasteiger partial charge in [-0.1, -0.05) is 59.7 Å². The molecule has 0 aliphatic heterocycles. The second kappa shape index (κ2) is 9.22. The van der Waals surface area contributed by atoms with Crippen LogP contribution >= 0.6 is 0 Å². The fourth-order valence-electron chi connectivity index (χ4n) is 3.23. The Morgan fingerprint density at radius 1 is 0.871 bits per heavy atom. The lowest BCUT2D eigenvalue weighted by molar-refractivity contribution is 0.0951. The second-order valence-electron chi connectivity index (χ2n) is 7.51. The Balaban J connectivity index is 1.45. The molecule has 0 unspecified atom stereocenters. The lowest BCUT2D eigenvalue weighted by atomic mass is 10.1. The topological polar surface area (TPSA) is 66.9 Å². The maximum absolute atomic E-state index is 12.6. The molecular formula is C26H24N4O. The van der Waals surface area contributed by atoms with Gasteiger partial charge in [0.05, 0.1) is 0 Å². The van der Waals surface area contributed by atoms with Crippen LogP contribution in [0.3, 0.4) is 0 Å². The van der Waals surface area contributed by atoms with Gasteiger partial charge in [0.2, 0.25) is 0 Å². The molecule has 154 valence electrons. The smallest absolute Gasteiger partial charge is 0.251 e. The van der Waals surface area contributed by atoms with Crippen LogP contribution in [0.15, 0.2) is 85.1 Å². The number of aryl methyl sites for hydroxylation is 2. The molecule has 0 fully saturated rings. The van der Waals surface area contributed by atoms with Crippen LogP contribution in [0, 0.1) is 13.8 Å². The molecule has 4 aromatic rings. The first-order chi connectivity index (χ1) is 15.1. The van der Waals surface area contributed by atoms with Crippen molar-refractivity contribution in [3.05, 3.63) is 107 Å². The van der Waals surface area contributed by atoms with Gasteiger partial charge in [-0.15, -0.1) is 0 Å². The molecule has 0 aliphatic rings. The molecule has 2 N–H and O–H groups in total. The number of carbonyl (C=O) groups is 1. The number of nitrogens with one attached hydrogen (secondary N) is 2. The Hall–Kier alpha value is -3.99. The van der Waals surface area contributed by atoms with Gasteiger partial charge in [-0.2, -0.15) is 0 Å². The molecule has 1 aromatic heterocycles. The van der Waals surface area contributed by atoms with E-state index < -0.39 is 0 Å². The summed E-state index contributed by atoms with van der Waals surface area (Å²) in [5, 5.41) is 6.24. The van der Waals surface area contributed by atoms with Crippen LogP contribution in [-0.2, 0) is 6.54 Å². The van der Waals surface area contributed by atoms with Crippen molar-refractivity contribution in [2.75, 3.05) is 5.32 Å². The Morgan fingerprint density at radius 3 is 2.48 bits per heavy atom. The summed E-state index contributed by atoms with van der Waals surface area (Å²) in [6.07, 6.45) is 1.73. The highest BCUT2D eigenvalue weighted by Crippen LogP contribution is 2.20. The third kappa shape index (κ3) is 5.34. The molecular weight excluding hydrogens is 384 g/mol. The number of hydrogen-bond donors (Lipinski definition) is 2. The highest BCUT2D eigenvalue weighted by atomic mass is 16.1. The molecule has 3 aromatic carbocycles. The number of rotatable bonds is 6. The summed E-state index contributed by atoms with van der Waals surface area (Å²) in [6, 6.07) is 25.4. The molecule has 0 atom stereocenters. The maximum atomic E-state index is 12.6. The average molecular weight is 409 g/mol. The SMILES string of the molecule is Cc1ccc(CNC(=O)c2cccc(Nc3ccnc(-c4cccc(C)c4)n3)c2)cc1. The van der Waals surface area contributed by atoms with E-state index in [1.807, 2.05) is 80.6 Å². The van der Waals surface area contributed by atoms with E-state index in [4.69, 9.17) is 0 Å². The Labute approximate surface area is 182 Å². The minimum atomic E-state index is -0.118. The molecule has 0 saturated heterocycles. The van der Waals surface area contributed by atoms with Crippen molar-refractivity contribution in [3.8, 4) is 11.4 Å². The van der Waals surface area contributed by atoms with Crippen LogP contribution < -0.4 is 10.6 Å². The molecule has 0 saturated carbocycles. The molecule has 1 amide bonds. The van der Waals surface area contributed by atoms with Crippen LogP contribution in [0.1, 0.15) is 27.0 Å². The molecule has 0 aliphatic carbocycles. The highest BCUT2D eigenvalue weighted by Gasteiger charge is 2.08. The molecule has 31 heavy (non-hydrogen) atoms. The fourth-order valence-corrected chi connectivity index (χ4v) is 3.23. The molecule has 5 heteroatoms. The average Bonchev–Trinajstić information content (AvgIpc) is 2.79. The van der Waals surface area contributed by atoms with E-state index in [1.165, 1.54) is 5.56 Å².